The molecule has 0 fully saturated rings. The molecule has 0 heterocycles. The Kier molecular flexibility index (Phi) is 10.4. The minimum Gasteiger partial charge on any atom is -0.484 e. The van der Waals surface area contributed by atoms with Crippen LogP contribution in [0.15, 0.2) is 119 Å². The van der Waals surface area contributed by atoms with Crippen LogP contribution in [0.4, 0.5) is 11.4 Å². The van der Waals surface area contributed by atoms with Gasteiger partial charge < -0.3 is 10.1 Å². The first-order valence-electron chi connectivity index (χ1n) is 13.4. The smallest absolute Gasteiger partial charge is 0.293 e. The lowest BCUT2D eigenvalue weighted by Crippen LogP contribution is -2.39. The zero-order valence-electron chi connectivity index (χ0n) is 23.6. The minimum atomic E-state index is -4.35. The zero-order valence-corrected chi connectivity index (χ0v) is 24.4. The van der Waals surface area contributed by atoms with Crippen LogP contribution >= 0.6 is 0 Å². The summed E-state index contributed by atoms with van der Waals surface area (Å²) in [5, 5.41) is 18.4. The fourth-order valence-electron chi connectivity index (χ4n) is 4.10. The molecule has 0 bridgehead atoms. The fourth-order valence-corrected chi connectivity index (χ4v) is 5.56. The molecule has 0 spiro atoms. The Hall–Kier alpha value is -5.56. The van der Waals surface area contributed by atoms with E-state index in [-0.39, 0.29) is 29.1 Å². The third kappa shape index (κ3) is 8.26. The number of nitrogens with one attached hydrogen (secondary N) is 2. The van der Waals surface area contributed by atoms with E-state index in [1.807, 2.05) is 37.3 Å². The number of carbonyl (C=O) groups excluding carboxylic acids is 2. The standard InChI is InChI=1S/C31H29N5O7S/c1-23(25-10-4-2-5-11-25)33-31(38)22-43-26-18-16-24(17-19-26)20-32-34-30(37)21-35(28-14-8-9-15-29(28)36(39)40)44(41,42)27-12-6-3-7-13-27/h2-20,23H,21-22H2,1H3,(H,33,38)(H,34,37)/b32-20-/t23-/m0/s1. The van der Waals surface area contributed by atoms with Crippen molar-refractivity contribution in [1.82, 2.24) is 10.7 Å². The van der Waals surface area contributed by atoms with Gasteiger partial charge >= 0.3 is 0 Å². The summed E-state index contributed by atoms with van der Waals surface area (Å²) in [6.45, 7) is 0.936. The fraction of sp³-hybridized carbons (Fsp3) is 0.129. The van der Waals surface area contributed by atoms with Crippen LogP contribution in [0.2, 0.25) is 0 Å². The van der Waals surface area contributed by atoms with E-state index >= 15 is 0 Å². The number of nitro groups is 1. The first kappa shape index (κ1) is 31.4. The Morgan fingerprint density at radius 2 is 1.52 bits per heavy atom. The maximum Gasteiger partial charge on any atom is 0.293 e. The summed E-state index contributed by atoms with van der Waals surface area (Å²) in [4.78, 5) is 35.8. The highest BCUT2D eigenvalue weighted by atomic mass is 32.2. The molecule has 0 aromatic heterocycles. The number of hydrazone groups is 1. The van der Waals surface area contributed by atoms with E-state index in [0.717, 1.165) is 11.6 Å². The molecular weight excluding hydrogens is 586 g/mol. The summed E-state index contributed by atoms with van der Waals surface area (Å²) in [6.07, 6.45) is 1.33. The van der Waals surface area contributed by atoms with E-state index in [4.69, 9.17) is 4.74 Å². The van der Waals surface area contributed by atoms with Gasteiger partial charge in [-0.1, -0.05) is 60.7 Å². The van der Waals surface area contributed by atoms with Crippen molar-refractivity contribution >= 4 is 39.4 Å². The van der Waals surface area contributed by atoms with Crippen molar-refractivity contribution in [3.8, 4) is 5.75 Å². The second-order valence-corrected chi connectivity index (χ2v) is 11.3. The van der Waals surface area contributed by atoms with Crippen LogP contribution in [0.5, 0.6) is 5.75 Å². The molecule has 13 heteroatoms. The Morgan fingerprint density at radius 3 is 2.18 bits per heavy atom. The summed E-state index contributed by atoms with van der Waals surface area (Å²) >= 11 is 0. The molecule has 0 saturated carbocycles. The molecule has 4 aromatic carbocycles. The highest BCUT2D eigenvalue weighted by Gasteiger charge is 2.31. The SMILES string of the molecule is C[C@H](NC(=O)COc1ccc(/C=N\NC(=O)CN(c2ccccc2[N+](=O)[O-])S(=O)(=O)c2ccccc2)cc1)c1ccccc1. The zero-order chi connectivity index (χ0) is 31.5. The average Bonchev–Trinajstić information content (AvgIpc) is 3.04. The number of rotatable bonds is 13. The van der Waals surface area contributed by atoms with Gasteiger partial charge in [-0.05, 0) is 60.5 Å². The van der Waals surface area contributed by atoms with Crippen LogP contribution in [0, 0.1) is 10.1 Å². The molecule has 0 saturated heterocycles. The van der Waals surface area contributed by atoms with Gasteiger partial charge in [-0.3, -0.25) is 19.7 Å². The van der Waals surface area contributed by atoms with Gasteiger partial charge in [0.05, 0.1) is 22.1 Å². The van der Waals surface area contributed by atoms with Crippen LogP contribution in [-0.2, 0) is 19.6 Å². The second kappa shape index (κ2) is 14.6. The molecule has 0 unspecified atom stereocenters. The molecule has 1 atom stereocenters. The number of sulfonamides is 1. The van der Waals surface area contributed by atoms with E-state index in [0.29, 0.717) is 15.6 Å². The number of nitro benzene ring substituents is 1. The van der Waals surface area contributed by atoms with Gasteiger partial charge in [0.1, 0.15) is 18.0 Å². The van der Waals surface area contributed by atoms with Gasteiger partial charge in [0.15, 0.2) is 6.61 Å². The minimum absolute atomic E-state index is 0.139. The van der Waals surface area contributed by atoms with Gasteiger partial charge in [0.25, 0.3) is 27.5 Å². The molecule has 0 radical (unpaired) electrons. The average molecular weight is 616 g/mol. The van der Waals surface area contributed by atoms with Crippen LogP contribution in [0.3, 0.4) is 0 Å². The Balaban J connectivity index is 1.36. The highest BCUT2D eigenvalue weighted by Crippen LogP contribution is 2.32. The molecule has 4 rings (SSSR count). The maximum atomic E-state index is 13.4. The molecular formula is C31H29N5O7S. The molecule has 12 nitrogen and oxygen atoms in total. The molecule has 0 aliphatic carbocycles. The number of hydrogen-bond donors (Lipinski definition) is 2. The van der Waals surface area contributed by atoms with Crippen molar-refractivity contribution in [3.63, 3.8) is 0 Å². The summed E-state index contributed by atoms with van der Waals surface area (Å²) in [7, 11) is -4.35. The Labute approximate surface area is 254 Å². The van der Waals surface area contributed by atoms with Gasteiger partial charge in [-0.25, -0.2) is 18.1 Å². The molecule has 2 amide bonds. The molecule has 226 valence electrons. The normalized spacial score (nSPS) is 11.8. The number of benzene rings is 4. The first-order chi connectivity index (χ1) is 21.1. The van der Waals surface area contributed by atoms with Crippen LogP contribution < -0.4 is 19.8 Å². The van der Waals surface area contributed by atoms with Crippen molar-refractivity contribution in [2.24, 2.45) is 5.10 Å². The van der Waals surface area contributed by atoms with Gasteiger partial charge in [0.2, 0.25) is 0 Å². The highest BCUT2D eigenvalue weighted by molar-refractivity contribution is 7.92. The van der Waals surface area contributed by atoms with Gasteiger partial charge in [-0.15, -0.1) is 0 Å². The lowest BCUT2D eigenvalue weighted by atomic mass is 10.1. The number of nitrogens with zero attached hydrogens (tertiary/aromatic N) is 3. The number of amides is 2. The predicted octanol–water partition coefficient (Wildman–Crippen LogP) is 4.20. The van der Waals surface area contributed by atoms with Crippen LogP contribution in [0.25, 0.3) is 0 Å². The lowest BCUT2D eigenvalue weighted by molar-refractivity contribution is -0.384. The van der Waals surface area contributed by atoms with E-state index in [2.05, 4.69) is 15.8 Å². The first-order valence-corrected chi connectivity index (χ1v) is 14.8. The summed E-state index contributed by atoms with van der Waals surface area (Å²) in [5.41, 5.74) is 3.07. The maximum absolute atomic E-state index is 13.4. The third-order valence-corrected chi connectivity index (χ3v) is 8.07. The Bertz CT molecular complexity index is 1730. The third-order valence-electron chi connectivity index (χ3n) is 6.30. The van der Waals surface area contributed by atoms with E-state index < -0.39 is 33.1 Å². The molecule has 0 aliphatic rings. The van der Waals surface area contributed by atoms with Crippen molar-refractivity contribution in [2.75, 3.05) is 17.5 Å². The topological polar surface area (TPSA) is 160 Å². The quantitative estimate of drug-likeness (QED) is 0.130. The Morgan fingerprint density at radius 1 is 0.909 bits per heavy atom. The van der Waals surface area contributed by atoms with E-state index in [1.165, 1.54) is 48.7 Å². The molecule has 0 aliphatic heterocycles. The molecule has 44 heavy (non-hydrogen) atoms. The number of anilines is 1. The largest absolute Gasteiger partial charge is 0.484 e. The van der Waals surface area contributed by atoms with E-state index in [1.54, 1.807) is 30.3 Å². The van der Waals surface area contributed by atoms with Crippen LogP contribution in [-0.4, -0.2) is 44.5 Å². The summed E-state index contributed by atoms with van der Waals surface area (Å²) in [5.74, 6) is -0.659. The summed E-state index contributed by atoms with van der Waals surface area (Å²) in [6, 6.07) is 28.5. The van der Waals surface area contributed by atoms with Gasteiger partial charge in [0, 0.05) is 6.07 Å². The van der Waals surface area contributed by atoms with Crippen molar-refractivity contribution in [1.29, 1.82) is 0 Å². The number of ether oxygens (including phenoxy) is 1. The second-order valence-electron chi connectivity index (χ2n) is 9.42. The molecule has 4 aromatic rings. The summed E-state index contributed by atoms with van der Waals surface area (Å²) < 4.78 is 33.1. The lowest BCUT2D eigenvalue weighted by Gasteiger charge is -2.23. The number of carbonyl (C=O) groups is 2. The van der Waals surface area contributed by atoms with E-state index in [9.17, 15) is 28.1 Å². The van der Waals surface area contributed by atoms with Crippen molar-refractivity contribution in [2.45, 2.75) is 17.9 Å². The molecule has 2 N–H and O–H groups in total. The van der Waals surface area contributed by atoms with Crippen molar-refractivity contribution < 1.29 is 27.7 Å². The number of para-hydroxylation sites is 2. The number of hydrogen-bond acceptors (Lipinski definition) is 8. The monoisotopic (exact) mass is 615 g/mol. The van der Waals surface area contributed by atoms with Crippen molar-refractivity contribution in [3.05, 3.63) is 130 Å². The predicted molar refractivity (Wildman–Crippen MR) is 165 cm³/mol. The van der Waals surface area contributed by atoms with Gasteiger partial charge in [-0.2, -0.15) is 5.10 Å². The van der Waals surface area contributed by atoms with Crippen LogP contribution in [0.1, 0.15) is 24.1 Å².